The number of nitrogens with one attached hydrogen (secondary N) is 1. The zero-order valence-corrected chi connectivity index (χ0v) is 20.6. The van der Waals surface area contributed by atoms with Crippen molar-refractivity contribution >= 4 is 15.9 Å². The number of carbonyl (C=O) groups excluding carboxylic acids is 1. The molecule has 1 amide bonds. The Hall–Kier alpha value is -2.22. The number of sulfonamides is 1. The number of piperidine rings is 1. The molecule has 0 spiro atoms. The van der Waals surface area contributed by atoms with Gasteiger partial charge in [-0.1, -0.05) is 31.2 Å². The van der Waals surface area contributed by atoms with Crippen LogP contribution in [-0.2, 0) is 23.1 Å². The summed E-state index contributed by atoms with van der Waals surface area (Å²) in [6.45, 7) is 8.13. The standard InChI is InChI=1S/C25H35N3O3S/c1-18-10-12-28(13-11-18)32(30,31)24-15-23(14-19(2)20(24)3)25(29)26-16-21-6-8-22(9-7-21)17-27(4)5/h6-9,14-15,18H,10-13,16-17H2,1-5H3,(H,26,29). The van der Waals surface area contributed by atoms with Gasteiger partial charge in [0.25, 0.3) is 5.91 Å². The van der Waals surface area contributed by atoms with E-state index in [4.69, 9.17) is 0 Å². The van der Waals surface area contributed by atoms with Crippen molar-refractivity contribution in [3.8, 4) is 0 Å². The molecule has 1 heterocycles. The van der Waals surface area contributed by atoms with Crippen molar-refractivity contribution in [2.75, 3.05) is 27.2 Å². The van der Waals surface area contributed by atoms with Gasteiger partial charge in [0.1, 0.15) is 0 Å². The predicted molar refractivity (Wildman–Crippen MR) is 128 cm³/mol. The van der Waals surface area contributed by atoms with E-state index in [1.807, 2.05) is 40.1 Å². The largest absolute Gasteiger partial charge is 0.348 e. The van der Waals surface area contributed by atoms with Crippen LogP contribution in [0, 0.1) is 19.8 Å². The molecule has 6 nitrogen and oxygen atoms in total. The Labute approximate surface area is 192 Å². The fraction of sp³-hybridized carbons (Fsp3) is 0.480. The topological polar surface area (TPSA) is 69.7 Å². The maximum atomic E-state index is 13.3. The van der Waals surface area contributed by atoms with Gasteiger partial charge in [0.2, 0.25) is 10.0 Å². The molecule has 1 fully saturated rings. The SMILES string of the molecule is Cc1cc(C(=O)NCc2ccc(CN(C)C)cc2)cc(S(=O)(=O)N2CCC(C)CC2)c1C. The van der Waals surface area contributed by atoms with Crippen LogP contribution in [0.5, 0.6) is 0 Å². The summed E-state index contributed by atoms with van der Waals surface area (Å²) in [5.74, 6) is 0.271. The van der Waals surface area contributed by atoms with E-state index < -0.39 is 10.0 Å². The van der Waals surface area contributed by atoms with Gasteiger partial charge in [-0.3, -0.25) is 4.79 Å². The number of carbonyl (C=O) groups is 1. The molecule has 0 unspecified atom stereocenters. The van der Waals surface area contributed by atoms with E-state index in [9.17, 15) is 13.2 Å². The minimum atomic E-state index is -3.63. The lowest BCUT2D eigenvalue weighted by atomic mass is 10.0. The quantitative estimate of drug-likeness (QED) is 0.688. The lowest BCUT2D eigenvalue weighted by Crippen LogP contribution is -2.38. The van der Waals surface area contributed by atoms with Gasteiger partial charge < -0.3 is 10.2 Å². The number of amides is 1. The van der Waals surface area contributed by atoms with E-state index in [1.54, 1.807) is 10.4 Å². The summed E-state index contributed by atoms with van der Waals surface area (Å²) in [7, 11) is 0.424. The zero-order chi connectivity index (χ0) is 23.5. The number of hydrogen-bond donors (Lipinski definition) is 1. The number of rotatable bonds is 7. The number of aryl methyl sites for hydroxylation is 1. The van der Waals surface area contributed by atoms with Gasteiger partial charge in [-0.2, -0.15) is 4.31 Å². The maximum absolute atomic E-state index is 13.3. The van der Waals surface area contributed by atoms with Gasteiger partial charge >= 0.3 is 0 Å². The van der Waals surface area contributed by atoms with Gasteiger partial charge in [-0.25, -0.2) is 8.42 Å². The molecule has 1 saturated heterocycles. The highest BCUT2D eigenvalue weighted by Gasteiger charge is 2.30. The van der Waals surface area contributed by atoms with Crippen molar-refractivity contribution in [2.24, 2.45) is 5.92 Å². The molecule has 0 atom stereocenters. The predicted octanol–water partition coefficient (Wildman–Crippen LogP) is 3.72. The molecule has 32 heavy (non-hydrogen) atoms. The van der Waals surface area contributed by atoms with Crippen molar-refractivity contribution < 1.29 is 13.2 Å². The van der Waals surface area contributed by atoms with Crippen molar-refractivity contribution in [3.63, 3.8) is 0 Å². The molecule has 1 N–H and O–H groups in total. The van der Waals surface area contributed by atoms with Gasteiger partial charge in [-0.05, 0) is 81.1 Å². The molecule has 7 heteroatoms. The maximum Gasteiger partial charge on any atom is 0.251 e. The summed E-state index contributed by atoms with van der Waals surface area (Å²) in [6, 6.07) is 11.4. The molecule has 0 saturated carbocycles. The second kappa shape index (κ2) is 10.1. The van der Waals surface area contributed by atoms with E-state index in [-0.39, 0.29) is 10.8 Å². The van der Waals surface area contributed by atoms with E-state index in [0.29, 0.717) is 36.7 Å². The van der Waals surface area contributed by atoms with Crippen LogP contribution in [0.15, 0.2) is 41.3 Å². The first-order valence-corrected chi connectivity index (χ1v) is 12.6. The van der Waals surface area contributed by atoms with Crippen LogP contribution in [-0.4, -0.2) is 50.7 Å². The van der Waals surface area contributed by atoms with Crippen molar-refractivity contribution in [2.45, 2.75) is 51.6 Å². The van der Waals surface area contributed by atoms with Crippen molar-refractivity contribution in [1.29, 1.82) is 0 Å². The Morgan fingerprint density at radius 1 is 1.06 bits per heavy atom. The van der Waals surface area contributed by atoms with Crippen LogP contribution >= 0.6 is 0 Å². The van der Waals surface area contributed by atoms with Gasteiger partial charge in [0.15, 0.2) is 0 Å². The molecule has 174 valence electrons. The number of hydrogen-bond acceptors (Lipinski definition) is 4. The van der Waals surface area contributed by atoms with Crippen LogP contribution < -0.4 is 5.32 Å². The first-order valence-electron chi connectivity index (χ1n) is 11.2. The van der Waals surface area contributed by atoms with E-state index in [1.165, 1.54) is 11.6 Å². The molecular formula is C25H35N3O3S. The first kappa shape index (κ1) is 24.4. The summed E-state index contributed by atoms with van der Waals surface area (Å²) in [6.07, 6.45) is 1.73. The van der Waals surface area contributed by atoms with Gasteiger partial charge in [0.05, 0.1) is 4.90 Å². The molecule has 0 radical (unpaired) electrons. The lowest BCUT2D eigenvalue weighted by Gasteiger charge is -2.30. The highest BCUT2D eigenvalue weighted by molar-refractivity contribution is 7.89. The summed E-state index contributed by atoms with van der Waals surface area (Å²) >= 11 is 0. The fourth-order valence-electron chi connectivity index (χ4n) is 4.00. The smallest absolute Gasteiger partial charge is 0.251 e. The minimum Gasteiger partial charge on any atom is -0.348 e. The second-order valence-corrected chi connectivity index (χ2v) is 11.1. The van der Waals surface area contributed by atoms with Crippen LogP contribution in [0.1, 0.15) is 52.4 Å². The highest BCUT2D eigenvalue weighted by atomic mass is 32.2. The van der Waals surface area contributed by atoms with E-state index >= 15 is 0 Å². The van der Waals surface area contributed by atoms with Crippen LogP contribution in [0.4, 0.5) is 0 Å². The molecule has 1 aliphatic rings. The third-order valence-electron chi connectivity index (χ3n) is 6.22. The van der Waals surface area contributed by atoms with Crippen molar-refractivity contribution in [3.05, 3.63) is 64.2 Å². The average Bonchev–Trinajstić information content (AvgIpc) is 2.74. The summed E-state index contributed by atoms with van der Waals surface area (Å²) in [5.41, 5.74) is 4.09. The molecule has 0 bridgehead atoms. The normalized spacial score (nSPS) is 15.8. The van der Waals surface area contributed by atoms with Crippen molar-refractivity contribution in [1.82, 2.24) is 14.5 Å². The summed E-state index contributed by atoms with van der Waals surface area (Å²) < 4.78 is 28.2. The number of nitrogens with zero attached hydrogens (tertiary/aromatic N) is 2. The monoisotopic (exact) mass is 457 g/mol. The zero-order valence-electron chi connectivity index (χ0n) is 19.8. The van der Waals surface area contributed by atoms with Crippen LogP contribution in [0.3, 0.4) is 0 Å². The van der Waals surface area contributed by atoms with Crippen LogP contribution in [0.2, 0.25) is 0 Å². The second-order valence-electron chi connectivity index (χ2n) is 9.24. The Kier molecular flexibility index (Phi) is 7.75. The van der Waals surface area contributed by atoms with E-state index in [2.05, 4.69) is 29.3 Å². The Morgan fingerprint density at radius 2 is 1.66 bits per heavy atom. The number of benzene rings is 2. The molecular weight excluding hydrogens is 422 g/mol. The Bertz CT molecular complexity index is 1050. The average molecular weight is 458 g/mol. The first-order chi connectivity index (χ1) is 15.1. The lowest BCUT2D eigenvalue weighted by molar-refractivity contribution is 0.0950. The molecule has 0 aromatic heterocycles. The molecule has 1 aliphatic heterocycles. The molecule has 2 aromatic carbocycles. The van der Waals surface area contributed by atoms with Gasteiger partial charge in [-0.15, -0.1) is 0 Å². The molecule has 2 aromatic rings. The molecule has 0 aliphatic carbocycles. The summed E-state index contributed by atoms with van der Waals surface area (Å²) in [4.78, 5) is 15.2. The van der Waals surface area contributed by atoms with Crippen LogP contribution in [0.25, 0.3) is 0 Å². The minimum absolute atomic E-state index is 0.241. The summed E-state index contributed by atoms with van der Waals surface area (Å²) in [5, 5.41) is 2.93. The third kappa shape index (κ3) is 5.77. The highest BCUT2D eigenvalue weighted by Crippen LogP contribution is 2.28. The Morgan fingerprint density at radius 3 is 2.25 bits per heavy atom. The van der Waals surface area contributed by atoms with Gasteiger partial charge in [0, 0.05) is 31.7 Å². The van der Waals surface area contributed by atoms with E-state index in [0.717, 1.165) is 30.5 Å². The third-order valence-corrected chi connectivity index (χ3v) is 8.24. The molecule has 3 rings (SSSR count). The fourth-order valence-corrected chi connectivity index (χ4v) is 5.80. The Balaban J connectivity index is 1.75.